The van der Waals surface area contributed by atoms with Crippen LogP contribution in [0.3, 0.4) is 0 Å². The normalized spacial score (nSPS) is 23.7. The number of hydrogen-bond acceptors (Lipinski definition) is 3. The molecule has 0 unspecified atom stereocenters. The largest absolute Gasteiger partial charge is 0.394 e. The number of aliphatic hydroxyl groups is 1. The van der Waals surface area contributed by atoms with Crippen LogP contribution in [-0.4, -0.2) is 35.2 Å². The number of morpholine rings is 1. The summed E-state index contributed by atoms with van der Waals surface area (Å²) in [6.45, 7) is -0.218. The summed E-state index contributed by atoms with van der Waals surface area (Å²) >= 11 is 12.0. The summed E-state index contributed by atoms with van der Waals surface area (Å²) in [4.78, 5) is 14.6. The molecule has 4 rings (SSSR count). The molecule has 4 nitrogen and oxygen atoms in total. The van der Waals surface area contributed by atoms with E-state index < -0.39 is 18.0 Å². The van der Waals surface area contributed by atoms with E-state index in [2.05, 4.69) is 0 Å². The van der Waals surface area contributed by atoms with Gasteiger partial charge in [0.25, 0.3) is 0 Å². The van der Waals surface area contributed by atoms with Crippen molar-refractivity contribution in [3.63, 3.8) is 0 Å². The Hall–Kier alpha value is -1.66. The van der Waals surface area contributed by atoms with Crippen LogP contribution in [-0.2, 0) is 9.53 Å². The Balaban J connectivity index is 1.80. The zero-order chi connectivity index (χ0) is 19.8. The van der Waals surface area contributed by atoms with Crippen LogP contribution >= 0.6 is 23.2 Å². The van der Waals surface area contributed by atoms with Gasteiger partial charge in [0.05, 0.1) is 23.7 Å². The average Bonchev–Trinajstić information content (AvgIpc) is 3.52. The van der Waals surface area contributed by atoms with Crippen molar-refractivity contribution >= 4 is 29.1 Å². The number of carbonyl (C=O) groups excluding carboxylic acids is 1. The Labute approximate surface area is 172 Å². The predicted molar refractivity (Wildman–Crippen MR) is 105 cm³/mol. The molecule has 28 heavy (non-hydrogen) atoms. The molecule has 7 heteroatoms. The van der Waals surface area contributed by atoms with Crippen LogP contribution in [0.4, 0.5) is 4.39 Å². The van der Waals surface area contributed by atoms with E-state index in [4.69, 9.17) is 27.9 Å². The third-order valence-electron chi connectivity index (χ3n) is 5.46. The maximum atomic E-state index is 13.7. The van der Waals surface area contributed by atoms with E-state index in [1.54, 1.807) is 23.1 Å². The molecule has 2 aliphatic rings. The highest BCUT2D eigenvalue weighted by atomic mass is 35.5. The summed E-state index contributed by atoms with van der Waals surface area (Å²) < 4.78 is 19.6. The Kier molecular flexibility index (Phi) is 5.61. The summed E-state index contributed by atoms with van der Waals surface area (Å²) in [5, 5.41) is 10.6. The first-order valence-corrected chi connectivity index (χ1v) is 9.99. The second-order valence-electron chi connectivity index (χ2n) is 7.29. The first-order chi connectivity index (χ1) is 13.5. The molecule has 0 bridgehead atoms. The zero-order valence-corrected chi connectivity index (χ0v) is 16.5. The van der Waals surface area contributed by atoms with Gasteiger partial charge in [0.2, 0.25) is 5.91 Å². The number of amides is 1. The fraction of sp³-hybridized carbons (Fsp3) is 0.381. The van der Waals surface area contributed by atoms with Crippen LogP contribution in [0.5, 0.6) is 0 Å². The van der Waals surface area contributed by atoms with Crippen molar-refractivity contribution in [2.75, 3.05) is 13.2 Å². The van der Waals surface area contributed by atoms with Crippen molar-refractivity contribution in [1.29, 1.82) is 0 Å². The molecular weight excluding hydrogens is 404 g/mol. The molecule has 1 saturated heterocycles. The van der Waals surface area contributed by atoms with Gasteiger partial charge in [-0.05, 0) is 54.2 Å². The van der Waals surface area contributed by atoms with Crippen LogP contribution in [0.25, 0.3) is 0 Å². The minimum Gasteiger partial charge on any atom is -0.394 e. The van der Waals surface area contributed by atoms with Gasteiger partial charge in [-0.1, -0.05) is 41.4 Å². The van der Waals surface area contributed by atoms with Crippen LogP contribution in [0.15, 0.2) is 42.5 Å². The zero-order valence-electron chi connectivity index (χ0n) is 15.0. The molecule has 3 atom stereocenters. The van der Waals surface area contributed by atoms with E-state index in [1.807, 2.05) is 12.1 Å². The molecule has 1 heterocycles. The lowest BCUT2D eigenvalue weighted by atomic mass is 9.90. The lowest BCUT2D eigenvalue weighted by Gasteiger charge is -2.45. The lowest BCUT2D eigenvalue weighted by Crippen LogP contribution is -2.52. The molecular formula is C21H20Cl2FNO3. The van der Waals surface area contributed by atoms with Gasteiger partial charge in [-0.2, -0.15) is 0 Å². The van der Waals surface area contributed by atoms with Gasteiger partial charge in [0.1, 0.15) is 18.5 Å². The molecule has 2 fully saturated rings. The van der Waals surface area contributed by atoms with Crippen molar-refractivity contribution in [3.05, 3.63) is 69.5 Å². The molecule has 1 aliphatic heterocycles. The van der Waals surface area contributed by atoms with Crippen molar-refractivity contribution in [3.8, 4) is 0 Å². The number of benzene rings is 2. The number of carbonyl (C=O) groups is 1. The summed E-state index contributed by atoms with van der Waals surface area (Å²) in [5.74, 6) is -0.405. The molecule has 1 amide bonds. The third-order valence-corrected chi connectivity index (χ3v) is 6.00. The standard InChI is InChI=1S/C21H20Cl2FNO3/c22-15-6-3-13(4-7-15)20-21(14-5-8-17(24)16(23)9-14)28-11-19(27)25(20)18(10-26)12-1-2-12/h3-9,12,18,20-21,26H,1-2,10-11H2/t18-,20-,21-/m1/s1. The predicted octanol–water partition coefficient (Wildman–Crippen LogP) is 4.54. The average molecular weight is 424 g/mol. The Morgan fingerprint density at radius 2 is 1.82 bits per heavy atom. The number of hydrogen-bond donors (Lipinski definition) is 1. The van der Waals surface area contributed by atoms with Gasteiger partial charge in [0.15, 0.2) is 0 Å². The highest BCUT2D eigenvalue weighted by Gasteiger charge is 2.46. The summed E-state index contributed by atoms with van der Waals surface area (Å²) in [6, 6.07) is 10.9. The minimum atomic E-state index is -0.537. The van der Waals surface area contributed by atoms with Gasteiger partial charge in [-0.15, -0.1) is 0 Å². The van der Waals surface area contributed by atoms with Crippen molar-refractivity contribution in [2.45, 2.75) is 31.0 Å². The molecule has 0 radical (unpaired) electrons. The quantitative estimate of drug-likeness (QED) is 0.767. The lowest BCUT2D eigenvalue weighted by molar-refractivity contribution is -0.165. The maximum Gasteiger partial charge on any atom is 0.249 e. The Morgan fingerprint density at radius 3 is 2.43 bits per heavy atom. The smallest absolute Gasteiger partial charge is 0.249 e. The van der Waals surface area contributed by atoms with Gasteiger partial charge < -0.3 is 14.7 Å². The molecule has 1 saturated carbocycles. The highest BCUT2D eigenvalue weighted by Crippen LogP contribution is 2.46. The van der Waals surface area contributed by atoms with Gasteiger partial charge in [0, 0.05) is 5.02 Å². The van der Waals surface area contributed by atoms with E-state index >= 15 is 0 Å². The molecule has 1 N–H and O–H groups in total. The second-order valence-corrected chi connectivity index (χ2v) is 8.13. The summed E-state index contributed by atoms with van der Waals surface area (Å²) in [7, 11) is 0. The number of nitrogens with zero attached hydrogens (tertiary/aromatic N) is 1. The number of ether oxygens (including phenoxy) is 1. The molecule has 148 valence electrons. The van der Waals surface area contributed by atoms with E-state index in [9.17, 15) is 14.3 Å². The number of rotatable bonds is 5. The molecule has 2 aromatic rings. The van der Waals surface area contributed by atoms with Crippen LogP contribution in [0.1, 0.15) is 36.1 Å². The molecule has 2 aromatic carbocycles. The highest BCUT2D eigenvalue weighted by molar-refractivity contribution is 6.31. The first kappa shape index (κ1) is 19.6. The second kappa shape index (κ2) is 7.99. The van der Waals surface area contributed by atoms with Crippen molar-refractivity contribution in [2.24, 2.45) is 5.92 Å². The molecule has 0 aromatic heterocycles. The van der Waals surface area contributed by atoms with Gasteiger partial charge in [-0.25, -0.2) is 4.39 Å². The van der Waals surface area contributed by atoms with Crippen LogP contribution in [0, 0.1) is 11.7 Å². The topological polar surface area (TPSA) is 49.8 Å². The van der Waals surface area contributed by atoms with Crippen molar-refractivity contribution < 1.29 is 19.0 Å². The SMILES string of the molecule is O=C1CO[C@H](c2ccc(F)c(Cl)c2)[C@@H](c2ccc(Cl)cc2)N1[C@H](CO)C1CC1. The Morgan fingerprint density at radius 1 is 1.14 bits per heavy atom. The monoisotopic (exact) mass is 423 g/mol. The van der Waals surface area contributed by atoms with Crippen LogP contribution in [0.2, 0.25) is 10.0 Å². The summed E-state index contributed by atoms with van der Waals surface area (Å²) in [5.41, 5.74) is 1.51. The molecule has 1 aliphatic carbocycles. The third kappa shape index (κ3) is 3.77. The fourth-order valence-corrected chi connectivity index (χ4v) is 4.24. The maximum absolute atomic E-state index is 13.7. The Bertz CT molecular complexity index is 872. The number of halogens is 3. The first-order valence-electron chi connectivity index (χ1n) is 9.23. The van der Waals surface area contributed by atoms with Crippen LogP contribution < -0.4 is 0 Å². The van der Waals surface area contributed by atoms with E-state index in [-0.39, 0.29) is 36.1 Å². The summed E-state index contributed by atoms with van der Waals surface area (Å²) in [6.07, 6.45) is 1.43. The minimum absolute atomic E-state index is 0.000284. The van der Waals surface area contributed by atoms with Crippen molar-refractivity contribution in [1.82, 2.24) is 4.90 Å². The molecule has 0 spiro atoms. The van der Waals surface area contributed by atoms with E-state index in [0.717, 1.165) is 18.4 Å². The van der Waals surface area contributed by atoms with Gasteiger partial charge >= 0.3 is 0 Å². The van der Waals surface area contributed by atoms with E-state index in [1.165, 1.54) is 12.1 Å². The number of aliphatic hydroxyl groups excluding tert-OH is 1. The van der Waals surface area contributed by atoms with E-state index in [0.29, 0.717) is 10.6 Å². The van der Waals surface area contributed by atoms with Gasteiger partial charge in [-0.3, -0.25) is 4.79 Å². The fourth-order valence-electron chi connectivity index (χ4n) is 3.93.